The topological polar surface area (TPSA) is 81.1 Å². The highest BCUT2D eigenvalue weighted by Crippen LogP contribution is 2.21. The van der Waals surface area contributed by atoms with E-state index in [1.54, 1.807) is 19.6 Å². The predicted molar refractivity (Wildman–Crippen MR) is 95.4 cm³/mol. The van der Waals surface area contributed by atoms with Crippen LogP contribution in [0.3, 0.4) is 0 Å². The highest BCUT2D eigenvalue weighted by atomic mass is 16.5. The first-order valence-electron chi connectivity index (χ1n) is 8.08. The number of nitrogens with zero attached hydrogens (tertiary/aromatic N) is 3. The minimum absolute atomic E-state index is 0.0158. The molecular weight excluding hydrogens is 318 g/mol. The Morgan fingerprint density at radius 2 is 2.20 bits per heavy atom. The number of aromatic nitrogens is 3. The Bertz CT molecular complexity index is 848. The fraction of sp³-hybridized carbons (Fsp3) is 0.278. The third kappa shape index (κ3) is 4.26. The Kier molecular flexibility index (Phi) is 5.13. The quantitative estimate of drug-likeness (QED) is 0.722. The van der Waals surface area contributed by atoms with Crippen molar-refractivity contribution >= 4 is 16.9 Å². The molecule has 3 rings (SSSR count). The van der Waals surface area contributed by atoms with Crippen molar-refractivity contribution in [2.45, 2.75) is 26.1 Å². The van der Waals surface area contributed by atoms with E-state index in [0.29, 0.717) is 19.0 Å². The maximum atomic E-state index is 12.2. The largest absolute Gasteiger partial charge is 0.481 e. The molecule has 1 atom stereocenters. The van der Waals surface area contributed by atoms with Crippen molar-refractivity contribution in [3.8, 4) is 5.88 Å². The van der Waals surface area contributed by atoms with Crippen molar-refractivity contribution in [3.63, 3.8) is 0 Å². The summed E-state index contributed by atoms with van der Waals surface area (Å²) in [7, 11) is 1.58. The zero-order chi connectivity index (χ0) is 17.6. The molecule has 0 saturated carbocycles. The second-order valence-corrected chi connectivity index (χ2v) is 5.83. The highest BCUT2D eigenvalue weighted by Gasteiger charge is 2.10. The van der Waals surface area contributed by atoms with Crippen molar-refractivity contribution < 1.29 is 9.53 Å². The van der Waals surface area contributed by atoms with E-state index in [2.05, 4.69) is 20.6 Å². The molecule has 0 spiro atoms. The molecule has 2 N–H and O–H groups in total. The molecule has 3 aromatic rings. The van der Waals surface area contributed by atoms with Crippen molar-refractivity contribution in [2.24, 2.45) is 0 Å². The first kappa shape index (κ1) is 16.8. The Balaban J connectivity index is 1.62. The van der Waals surface area contributed by atoms with Gasteiger partial charge in [-0.05, 0) is 18.6 Å². The number of methoxy groups -OCH3 is 1. The molecule has 2 heterocycles. The third-order valence-corrected chi connectivity index (χ3v) is 3.85. The Morgan fingerprint density at radius 3 is 2.96 bits per heavy atom. The molecule has 0 aliphatic carbocycles. The summed E-state index contributed by atoms with van der Waals surface area (Å²) in [5.41, 5.74) is 1.80. The van der Waals surface area contributed by atoms with E-state index in [0.717, 1.165) is 16.5 Å². The molecular formula is C18H21N5O2. The summed E-state index contributed by atoms with van der Waals surface area (Å²) in [5.74, 6) is 0.532. The number of carbonyl (C=O) groups excluding carboxylic acids is 1. The standard InChI is InChI=1S/C18H21N5O2/c1-13(11-23-8-7-19-12-23)21-18(24)20-10-14-9-17(25-2)22-16-6-4-3-5-15(14)16/h3-9,12-13H,10-11H2,1-2H3,(H2,20,21,24). The number of urea groups is 1. The predicted octanol–water partition coefficient (Wildman–Crippen LogP) is 2.33. The molecule has 1 unspecified atom stereocenters. The van der Waals surface area contributed by atoms with Gasteiger partial charge in [0.25, 0.3) is 0 Å². The van der Waals surface area contributed by atoms with E-state index in [1.807, 2.05) is 48.0 Å². The number of rotatable bonds is 6. The number of nitrogens with one attached hydrogen (secondary N) is 2. The van der Waals surface area contributed by atoms with Gasteiger partial charge in [-0.25, -0.2) is 14.8 Å². The van der Waals surface area contributed by atoms with Crippen LogP contribution in [0.4, 0.5) is 4.79 Å². The number of para-hydroxylation sites is 1. The number of pyridine rings is 1. The zero-order valence-corrected chi connectivity index (χ0v) is 14.3. The molecule has 7 nitrogen and oxygen atoms in total. The van der Waals surface area contributed by atoms with Gasteiger partial charge in [0, 0.05) is 43.0 Å². The monoisotopic (exact) mass is 339 g/mol. The third-order valence-electron chi connectivity index (χ3n) is 3.85. The highest BCUT2D eigenvalue weighted by molar-refractivity contribution is 5.83. The summed E-state index contributed by atoms with van der Waals surface area (Å²) in [4.78, 5) is 20.6. The normalized spacial score (nSPS) is 11.9. The maximum Gasteiger partial charge on any atom is 0.315 e. The summed E-state index contributed by atoms with van der Waals surface area (Å²) in [6.07, 6.45) is 5.31. The molecule has 0 aliphatic rings. The van der Waals surface area contributed by atoms with Crippen LogP contribution in [-0.2, 0) is 13.1 Å². The molecule has 1 aromatic carbocycles. The van der Waals surface area contributed by atoms with Crippen molar-refractivity contribution in [2.75, 3.05) is 7.11 Å². The first-order valence-corrected chi connectivity index (χ1v) is 8.08. The maximum absolute atomic E-state index is 12.2. The number of fused-ring (bicyclic) bond motifs is 1. The summed E-state index contributed by atoms with van der Waals surface area (Å²) in [6, 6.07) is 9.40. The Labute approximate surface area is 146 Å². The van der Waals surface area contributed by atoms with E-state index >= 15 is 0 Å². The summed E-state index contributed by atoms with van der Waals surface area (Å²) in [6.45, 7) is 3.01. The van der Waals surface area contributed by atoms with Gasteiger partial charge in [-0.3, -0.25) is 0 Å². The molecule has 2 aromatic heterocycles. The lowest BCUT2D eigenvalue weighted by molar-refractivity contribution is 0.236. The van der Waals surface area contributed by atoms with Crippen LogP contribution in [-0.4, -0.2) is 33.7 Å². The van der Waals surface area contributed by atoms with Crippen LogP contribution >= 0.6 is 0 Å². The minimum atomic E-state index is -0.215. The lowest BCUT2D eigenvalue weighted by Gasteiger charge is -2.16. The van der Waals surface area contributed by atoms with Gasteiger partial charge in [0.05, 0.1) is 19.0 Å². The van der Waals surface area contributed by atoms with Gasteiger partial charge in [0.1, 0.15) is 0 Å². The Hall–Kier alpha value is -3.09. The number of hydrogen-bond donors (Lipinski definition) is 2. The number of carbonyl (C=O) groups is 1. The average molecular weight is 339 g/mol. The lowest BCUT2D eigenvalue weighted by atomic mass is 10.1. The van der Waals surface area contributed by atoms with Gasteiger partial charge in [0.2, 0.25) is 5.88 Å². The van der Waals surface area contributed by atoms with Crippen LogP contribution in [0, 0.1) is 0 Å². The van der Waals surface area contributed by atoms with Gasteiger partial charge in [0.15, 0.2) is 0 Å². The summed E-state index contributed by atoms with van der Waals surface area (Å²) < 4.78 is 7.17. The second kappa shape index (κ2) is 7.65. The van der Waals surface area contributed by atoms with Crippen LogP contribution in [0.25, 0.3) is 10.9 Å². The van der Waals surface area contributed by atoms with E-state index in [4.69, 9.17) is 4.74 Å². The molecule has 0 bridgehead atoms. The molecule has 130 valence electrons. The second-order valence-electron chi connectivity index (χ2n) is 5.83. The SMILES string of the molecule is COc1cc(CNC(=O)NC(C)Cn2ccnc2)c2ccccc2n1. The van der Waals surface area contributed by atoms with Crippen LogP contribution in [0.15, 0.2) is 49.1 Å². The zero-order valence-electron chi connectivity index (χ0n) is 14.3. The van der Waals surface area contributed by atoms with Crippen LogP contribution in [0.1, 0.15) is 12.5 Å². The van der Waals surface area contributed by atoms with Crippen LogP contribution < -0.4 is 15.4 Å². The van der Waals surface area contributed by atoms with Gasteiger partial charge < -0.3 is 19.9 Å². The smallest absolute Gasteiger partial charge is 0.315 e. The number of ether oxygens (including phenoxy) is 1. The van der Waals surface area contributed by atoms with E-state index in [1.165, 1.54) is 0 Å². The molecule has 25 heavy (non-hydrogen) atoms. The fourth-order valence-electron chi connectivity index (χ4n) is 2.68. The van der Waals surface area contributed by atoms with Crippen molar-refractivity contribution in [1.82, 2.24) is 25.2 Å². The number of hydrogen-bond acceptors (Lipinski definition) is 4. The molecule has 2 amide bonds. The lowest BCUT2D eigenvalue weighted by Crippen LogP contribution is -2.42. The summed E-state index contributed by atoms with van der Waals surface area (Å²) >= 11 is 0. The van der Waals surface area contributed by atoms with Crippen molar-refractivity contribution in [1.29, 1.82) is 0 Å². The average Bonchev–Trinajstić information content (AvgIpc) is 3.12. The molecule has 0 fully saturated rings. The minimum Gasteiger partial charge on any atom is -0.481 e. The molecule has 0 saturated heterocycles. The first-order chi connectivity index (χ1) is 12.2. The number of amides is 2. The van der Waals surface area contributed by atoms with Crippen LogP contribution in [0.2, 0.25) is 0 Å². The molecule has 7 heteroatoms. The fourth-order valence-corrected chi connectivity index (χ4v) is 2.68. The van der Waals surface area contributed by atoms with Gasteiger partial charge >= 0.3 is 6.03 Å². The van der Waals surface area contributed by atoms with E-state index < -0.39 is 0 Å². The molecule has 0 aliphatic heterocycles. The van der Waals surface area contributed by atoms with E-state index in [-0.39, 0.29) is 12.1 Å². The number of imidazole rings is 1. The van der Waals surface area contributed by atoms with Gasteiger partial charge in [-0.2, -0.15) is 0 Å². The van der Waals surface area contributed by atoms with Crippen LogP contribution in [0.5, 0.6) is 5.88 Å². The number of benzene rings is 1. The summed E-state index contributed by atoms with van der Waals surface area (Å²) in [5, 5.41) is 6.81. The van der Waals surface area contributed by atoms with E-state index in [9.17, 15) is 4.79 Å². The Morgan fingerprint density at radius 1 is 1.36 bits per heavy atom. The van der Waals surface area contributed by atoms with Gasteiger partial charge in [-0.15, -0.1) is 0 Å². The van der Waals surface area contributed by atoms with Crippen molar-refractivity contribution in [3.05, 3.63) is 54.6 Å². The van der Waals surface area contributed by atoms with Gasteiger partial charge in [-0.1, -0.05) is 18.2 Å². The molecule has 0 radical (unpaired) electrons.